The van der Waals surface area contributed by atoms with Gasteiger partial charge in [-0.05, 0) is 25.4 Å². The first kappa shape index (κ1) is 15.3. The molecular weight excluding hydrogens is 208 g/mol. The van der Waals surface area contributed by atoms with Crippen molar-refractivity contribution in [2.45, 2.75) is 32.7 Å². The van der Waals surface area contributed by atoms with Crippen LogP contribution in [0.1, 0.15) is 26.7 Å². The topological polar surface area (TPSA) is 81.6 Å². The Morgan fingerprint density at radius 3 is 2.38 bits per heavy atom. The van der Waals surface area contributed by atoms with E-state index in [-0.39, 0.29) is 19.1 Å². The highest BCUT2D eigenvalue weighted by Crippen LogP contribution is 1.91. The fourth-order valence-electron chi connectivity index (χ4n) is 1.21. The number of rotatable bonds is 9. The molecule has 0 aromatic heterocycles. The van der Waals surface area contributed by atoms with Crippen LogP contribution in [-0.2, 0) is 4.79 Å². The standard InChI is InChI=1S/C11H24N2O3/c1-9(2)6-12-5-3-4-11(16)13-10(7-14)8-15/h9-10,12,14-15H,3-8H2,1-2H3,(H,13,16). The van der Waals surface area contributed by atoms with Gasteiger partial charge in [-0.15, -0.1) is 0 Å². The van der Waals surface area contributed by atoms with Gasteiger partial charge < -0.3 is 20.8 Å². The average Bonchev–Trinajstić information content (AvgIpc) is 2.25. The fraction of sp³-hybridized carbons (Fsp3) is 0.909. The van der Waals surface area contributed by atoms with E-state index in [1.165, 1.54) is 0 Å². The lowest BCUT2D eigenvalue weighted by molar-refractivity contribution is -0.122. The first-order valence-corrected chi connectivity index (χ1v) is 5.82. The van der Waals surface area contributed by atoms with E-state index >= 15 is 0 Å². The molecule has 0 spiro atoms. The molecule has 0 aliphatic rings. The summed E-state index contributed by atoms with van der Waals surface area (Å²) in [5.74, 6) is 0.487. The van der Waals surface area contributed by atoms with Crippen LogP contribution >= 0.6 is 0 Å². The molecule has 0 aliphatic heterocycles. The molecule has 0 atom stereocenters. The maximum Gasteiger partial charge on any atom is 0.220 e. The van der Waals surface area contributed by atoms with Gasteiger partial charge in [-0.2, -0.15) is 0 Å². The molecule has 0 radical (unpaired) electrons. The van der Waals surface area contributed by atoms with Crippen LogP contribution in [0.25, 0.3) is 0 Å². The van der Waals surface area contributed by atoms with Crippen molar-refractivity contribution in [2.75, 3.05) is 26.3 Å². The summed E-state index contributed by atoms with van der Waals surface area (Å²) in [4.78, 5) is 11.3. The summed E-state index contributed by atoms with van der Waals surface area (Å²) in [7, 11) is 0. The Balaban J connectivity index is 3.43. The Bertz CT molecular complexity index is 182. The van der Waals surface area contributed by atoms with Crippen molar-refractivity contribution in [1.82, 2.24) is 10.6 Å². The molecule has 0 unspecified atom stereocenters. The van der Waals surface area contributed by atoms with E-state index in [1.54, 1.807) is 0 Å². The van der Waals surface area contributed by atoms with Crippen LogP contribution in [0.4, 0.5) is 0 Å². The molecule has 4 N–H and O–H groups in total. The van der Waals surface area contributed by atoms with Gasteiger partial charge in [-0.1, -0.05) is 13.8 Å². The molecule has 0 aromatic rings. The van der Waals surface area contributed by atoms with E-state index in [2.05, 4.69) is 24.5 Å². The molecule has 0 bridgehead atoms. The highest BCUT2D eigenvalue weighted by molar-refractivity contribution is 5.76. The minimum Gasteiger partial charge on any atom is -0.394 e. The van der Waals surface area contributed by atoms with Crippen molar-refractivity contribution >= 4 is 5.91 Å². The van der Waals surface area contributed by atoms with E-state index in [0.29, 0.717) is 12.3 Å². The lowest BCUT2D eigenvalue weighted by Crippen LogP contribution is -2.40. The molecule has 0 saturated heterocycles. The Hall–Kier alpha value is -0.650. The summed E-state index contributed by atoms with van der Waals surface area (Å²) in [6.45, 7) is 5.58. The van der Waals surface area contributed by atoms with Crippen LogP contribution in [-0.4, -0.2) is 48.5 Å². The summed E-state index contributed by atoms with van der Waals surface area (Å²) < 4.78 is 0. The van der Waals surface area contributed by atoms with Gasteiger partial charge in [-0.3, -0.25) is 4.79 Å². The van der Waals surface area contributed by atoms with Gasteiger partial charge >= 0.3 is 0 Å². The van der Waals surface area contributed by atoms with Crippen LogP contribution in [0.5, 0.6) is 0 Å². The number of hydrogen-bond donors (Lipinski definition) is 4. The van der Waals surface area contributed by atoms with Gasteiger partial charge in [0.25, 0.3) is 0 Å². The van der Waals surface area contributed by atoms with Gasteiger partial charge in [0.05, 0.1) is 19.3 Å². The maximum absolute atomic E-state index is 11.3. The molecule has 0 aliphatic carbocycles. The maximum atomic E-state index is 11.3. The molecule has 16 heavy (non-hydrogen) atoms. The Labute approximate surface area is 97.2 Å². The van der Waals surface area contributed by atoms with Crippen molar-refractivity contribution in [1.29, 1.82) is 0 Å². The average molecular weight is 232 g/mol. The second kappa shape index (κ2) is 9.57. The van der Waals surface area contributed by atoms with Crippen molar-refractivity contribution in [2.24, 2.45) is 5.92 Å². The molecule has 0 heterocycles. The number of aliphatic hydroxyl groups is 2. The van der Waals surface area contributed by atoms with Crippen molar-refractivity contribution in [3.05, 3.63) is 0 Å². The van der Waals surface area contributed by atoms with Gasteiger partial charge in [0, 0.05) is 6.42 Å². The summed E-state index contributed by atoms with van der Waals surface area (Å²) in [6.07, 6.45) is 1.18. The van der Waals surface area contributed by atoms with Crippen molar-refractivity contribution in [3.63, 3.8) is 0 Å². The Morgan fingerprint density at radius 1 is 1.25 bits per heavy atom. The summed E-state index contributed by atoms with van der Waals surface area (Å²) in [5.41, 5.74) is 0. The number of carbonyl (C=O) groups is 1. The molecule has 0 rings (SSSR count). The number of amides is 1. The number of aliphatic hydroxyl groups excluding tert-OH is 2. The largest absolute Gasteiger partial charge is 0.394 e. The fourth-order valence-corrected chi connectivity index (χ4v) is 1.21. The zero-order valence-electron chi connectivity index (χ0n) is 10.2. The molecule has 5 nitrogen and oxygen atoms in total. The van der Waals surface area contributed by atoms with Crippen LogP contribution in [0, 0.1) is 5.92 Å². The van der Waals surface area contributed by atoms with E-state index in [0.717, 1.165) is 19.5 Å². The first-order chi connectivity index (χ1) is 7.60. The Kier molecular flexibility index (Phi) is 9.18. The van der Waals surface area contributed by atoms with E-state index in [9.17, 15) is 4.79 Å². The molecule has 1 amide bonds. The summed E-state index contributed by atoms with van der Waals surface area (Å²) >= 11 is 0. The van der Waals surface area contributed by atoms with Gasteiger partial charge in [0.15, 0.2) is 0 Å². The normalized spacial score (nSPS) is 11.1. The van der Waals surface area contributed by atoms with Gasteiger partial charge in [0.2, 0.25) is 5.91 Å². The van der Waals surface area contributed by atoms with Crippen LogP contribution in [0.15, 0.2) is 0 Å². The summed E-state index contributed by atoms with van der Waals surface area (Å²) in [5, 5.41) is 23.3. The number of nitrogens with one attached hydrogen (secondary N) is 2. The van der Waals surface area contributed by atoms with Crippen LogP contribution in [0.3, 0.4) is 0 Å². The van der Waals surface area contributed by atoms with Gasteiger partial charge in [0.1, 0.15) is 0 Å². The molecule has 0 fully saturated rings. The van der Waals surface area contributed by atoms with E-state index in [1.807, 2.05) is 0 Å². The number of hydrogen-bond acceptors (Lipinski definition) is 4. The zero-order chi connectivity index (χ0) is 12.4. The second-order valence-corrected chi connectivity index (χ2v) is 4.33. The lowest BCUT2D eigenvalue weighted by atomic mass is 10.2. The van der Waals surface area contributed by atoms with E-state index in [4.69, 9.17) is 10.2 Å². The predicted octanol–water partition coefficient (Wildman–Crippen LogP) is -0.518. The molecule has 0 aromatic carbocycles. The predicted molar refractivity (Wildman–Crippen MR) is 63.0 cm³/mol. The highest BCUT2D eigenvalue weighted by Gasteiger charge is 2.09. The lowest BCUT2D eigenvalue weighted by Gasteiger charge is -2.13. The molecule has 0 saturated carbocycles. The third kappa shape index (κ3) is 8.64. The third-order valence-corrected chi connectivity index (χ3v) is 2.12. The molecule has 5 heteroatoms. The third-order valence-electron chi connectivity index (χ3n) is 2.12. The van der Waals surface area contributed by atoms with E-state index < -0.39 is 6.04 Å². The molecular formula is C11H24N2O3. The SMILES string of the molecule is CC(C)CNCCCC(=O)NC(CO)CO. The van der Waals surface area contributed by atoms with Crippen LogP contribution < -0.4 is 10.6 Å². The van der Waals surface area contributed by atoms with Crippen molar-refractivity contribution in [3.8, 4) is 0 Å². The van der Waals surface area contributed by atoms with Crippen LogP contribution in [0.2, 0.25) is 0 Å². The first-order valence-electron chi connectivity index (χ1n) is 5.82. The molecule has 96 valence electrons. The van der Waals surface area contributed by atoms with Crippen molar-refractivity contribution < 1.29 is 15.0 Å². The minimum absolute atomic E-state index is 0.126. The quantitative estimate of drug-likeness (QED) is 0.403. The smallest absolute Gasteiger partial charge is 0.220 e. The second-order valence-electron chi connectivity index (χ2n) is 4.33. The Morgan fingerprint density at radius 2 is 1.88 bits per heavy atom. The van der Waals surface area contributed by atoms with Gasteiger partial charge in [-0.25, -0.2) is 0 Å². The minimum atomic E-state index is -0.531. The highest BCUT2D eigenvalue weighted by atomic mass is 16.3. The number of carbonyl (C=O) groups excluding carboxylic acids is 1. The zero-order valence-corrected chi connectivity index (χ0v) is 10.2. The summed E-state index contributed by atoms with van der Waals surface area (Å²) in [6, 6.07) is -0.531. The monoisotopic (exact) mass is 232 g/mol.